The molecule has 5 rings (SSSR count). The molecule has 1 atom stereocenters. The SMILES string of the molecule is CCC(C)(C)C1C/C(=C\c2ccc(Sc3nncn3C)c([N+](=O)[O-])c2)c2nc3ccccc3c(C(=O)O)c2C1. The van der Waals surface area contributed by atoms with Crippen LogP contribution in [0.25, 0.3) is 22.6 Å². The van der Waals surface area contributed by atoms with Crippen molar-refractivity contribution in [1.82, 2.24) is 19.7 Å². The van der Waals surface area contributed by atoms with Gasteiger partial charge in [-0.25, -0.2) is 9.78 Å². The van der Waals surface area contributed by atoms with E-state index in [2.05, 4.69) is 31.0 Å². The molecular weight excluding hydrogens is 514 g/mol. The molecule has 0 saturated heterocycles. The second kappa shape index (κ2) is 10.3. The van der Waals surface area contributed by atoms with E-state index in [0.717, 1.165) is 17.6 Å². The summed E-state index contributed by atoms with van der Waals surface area (Å²) in [6.45, 7) is 6.56. The maximum absolute atomic E-state index is 12.6. The van der Waals surface area contributed by atoms with Crippen molar-refractivity contribution >= 4 is 46.0 Å². The largest absolute Gasteiger partial charge is 0.478 e. The number of carboxylic acids is 1. The highest BCUT2D eigenvalue weighted by Crippen LogP contribution is 2.46. The van der Waals surface area contributed by atoms with Gasteiger partial charge in [-0.15, -0.1) is 10.2 Å². The lowest BCUT2D eigenvalue weighted by atomic mass is 9.67. The van der Waals surface area contributed by atoms with Crippen molar-refractivity contribution in [2.75, 3.05) is 0 Å². The van der Waals surface area contributed by atoms with E-state index in [9.17, 15) is 20.0 Å². The van der Waals surface area contributed by atoms with Crippen molar-refractivity contribution in [2.45, 2.75) is 50.1 Å². The lowest BCUT2D eigenvalue weighted by Crippen LogP contribution is -2.30. The number of aromatic carboxylic acids is 1. The fourth-order valence-corrected chi connectivity index (χ4v) is 5.98. The quantitative estimate of drug-likeness (QED) is 0.203. The maximum atomic E-state index is 12.6. The zero-order valence-corrected chi connectivity index (χ0v) is 23.0. The van der Waals surface area contributed by atoms with E-state index in [4.69, 9.17) is 4.98 Å². The number of fused-ring (bicyclic) bond motifs is 2. The Hall–Kier alpha value is -4.05. The normalized spacial score (nSPS) is 16.4. The first kappa shape index (κ1) is 26.6. The molecule has 1 unspecified atom stereocenters. The summed E-state index contributed by atoms with van der Waals surface area (Å²) in [7, 11) is 1.78. The fourth-order valence-electron chi connectivity index (χ4n) is 5.13. The van der Waals surface area contributed by atoms with Crippen molar-refractivity contribution in [3.05, 3.63) is 81.3 Å². The van der Waals surface area contributed by atoms with E-state index in [-0.39, 0.29) is 17.0 Å². The van der Waals surface area contributed by atoms with Gasteiger partial charge in [0.05, 0.1) is 26.6 Å². The fraction of sp³-hybridized carbons (Fsp3) is 0.310. The molecule has 0 fully saturated rings. The number of aryl methyl sites for hydroxylation is 1. The lowest BCUT2D eigenvalue weighted by Gasteiger charge is -2.38. The van der Waals surface area contributed by atoms with Gasteiger partial charge in [0.1, 0.15) is 6.33 Å². The van der Waals surface area contributed by atoms with Gasteiger partial charge in [0.2, 0.25) is 0 Å². The minimum atomic E-state index is -0.972. The predicted octanol–water partition coefficient (Wildman–Crippen LogP) is 6.66. The first-order valence-corrected chi connectivity index (χ1v) is 13.6. The highest BCUT2D eigenvalue weighted by molar-refractivity contribution is 7.99. The molecule has 0 spiro atoms. The minimum Gasteiger partial charge on any atom is -0.478 e. The van der Waals surface area contributed by atoms with E-state index in [1.165, 1.54) is 11.8 Å². The summed E-state index contributed by atoms with van der Waals surface area (Å²) in [5.74, 6) is -0.789. The molecule has 4 aromatic rings. The van der Waals surface area contributed by atoms with Crippen LogP contribution in [0.2, 0.25) is 0 Å². The zero-order chi connectivity index (χ0) is 27.9. The van der Waals surface area contributed by atoms with Crippen LogP contribution in [-0.4, -0.2) is 35.7 Å². The monoisotopic (exact) mass is 543 g/mol. The number of nitrogens with zero attached hydrogens (tertiary/aromatic N) is 5. The van der Waals surface area contributed by atoms with Gasteiger partial charge in [0.15, 0.2) is 5.16 Å². The molecule has 0 amide bonds. The number of hydrogen-bond donors (Lipinski definition) is 1. The Kier molecular flexibility index (Phi) is 6.98. The standard InChI is InChI=1S/C29H29N5O4S/c1-5-29(2,3)19-14-18(26-21(15-19)25(27(35)36)20-8-6-7-9-22(20)31-26)12-17-10-11-24(23(13-17)34(37)38)39-28-32-30-16-33(28)4/h6-13,16,19H,5,14-15H2,1-4H3,(H,35,36)/b18-12+. The Labute approximate surface area is 230 Å². The molecular formula is C29H29N5O4S. The molecule has 1 aliphatic rings. The van der Waals surface area contributed by atoms with Gasteiger partial charge in [-0.2, -0.15) is 0 Å². The minimum absolute atomic E-state index is 0.0310. The van der Waals surface area contributed by atoms with Crippen LogP contribution in [0.4, 0.5) is 5.69 Å². The number of nitro groups is 1. The average molecular weight is 544 g/mol. The highest BCUT2D eigenvalue weighted by Gasteiger charge is 2.36. The van der Waals surface area contributed by atoms with Crippen LogP contribution in [0, 0.1) is 21.4 Å². The molecule has 1 aliphatic carbocycles. The Morgan fingerprint density at radius 2 is 2.03 bits per heavy atom. The number of benzene rings is 2. The van der Waals surface area contributed by atoms with Gasteiger partial charge in [-0.05, 0) is 70.8 Å². The van der Waals surface area contributed by atoms with E-state index < -0.39 is 10.9 Å². The molecule has 9 nitrogen and oxygen atoms in total. The highest BCUT2D eigenvalue weighted by atomic mass is 32.2. The predicted molar refractivity (Wildman–Crippen MR) is 151 cm³/mol. The molecule has 10 heteroatoms. The molecule has 2 aromatic carbocycles. The van der Waals surface area contributed by atoms with Gasteiger partial charge >= 0.3 is 5.97 Å². The molecule has 0 radical (unpaired) electrons. The first-order valence-electron chi connectivity index (χ1n) is 12.7. The van der Waals surface area contributed by atoms with Crippen molar-refractivity contribution in [2.24, 2.45) is 18.4 Å². The third kappa shape index (κ3) is 5.04. The van der Waals surface area contributed by atoms with Gasteiger partial charge in [0, 0.05) is 18.5 Å². The van der Waals surface area contributed by atoms with Gasteiger partial charge in [0.25, 0.3) is 5.69 Å². The third-order valence-corrected chi connectivity index (χ3v) is 8.95. The Morgan fingerprint density at radius 1 is 1.26 bits per heavy atom. The van der Waals surface area contributed by atoms with Crippen LogP contribution in [-0.2, 0) is 13.5 Å². The summed E-state index contributed by atoms with van der Waals surface area (Å²) in [6.07, 6.45) is 5.71. The summed E-state index contributed by atoms with van der Waals surface area (Å²) >= 11 is 1.18. The second-order valence-electron chi connectivity index (χ2n) is 10.6. The van der Waals surface area contributed by atoms with Crippen LogP contribution in [0.5, 0.6) is 0 Å². The number of rotatable bonds is 7. The summed E-state index contributed by atoms with van der Waals surface area (Å²) < 4.78 is 1.70. The number of pyridine rings is 1. The number of aromatic nitrogens is 4. The van der Waals surface area contributed by atoms with Crippen molar-refractivity contribution < 1.29 is 14.8 Å². The van der Waals surface area contributed by atoms with Crippen molar-refractivity contribution in [3.8, 4) is 0 Å². The molecule has 2 aromatic heterocycles. The summed E-state index contributed by atoms with van der Waals surface area (Å²) in [6, 6.07) is 12.4. The molecule has 1 N–H and O–H groups in total. The van der Waals surface area contributed by atoms with Crippen LogP contribution < -0.4 is 0 Å². The van der Waals surface area contributed by atoms with Crippen molar-refractivity contribution in [1.29, 1.82) is 0 Å². The summed E-state index contributed by atoms with van der Waals surface area (Å²) in [5.41, 5.74) is 3.78. The topological polar surface area (TPSA) is 124 Å². The van der Waals surface area contributed by atoms with Gasteiger partial charge in [-0.3, -0.25) is 10.1 Å². The van der Waals surface area contributed by atoms with E-state index in [0.29, 0.717) is 50.6 Å². The maximum Gasteiger partial charge on any atom is 0.336 e. The average Bonchev–Trinajstić information content (AvgIpc) is 3.31. The molecule has 0 bridgehead atoms. The number of carbonyl (C=O) groups is 1. The first-order chi connectivity index (χ1) is 18.6. The number of para-hydroxylation sites is 1. The molecule has 200 valence electrons. The molecule has 2 heterocycles. The summed E-state index contributed by atoms with van der Waals surface area (Å²) in [4.78, 5) is 29.6. The number of allylic oxidation sites excluding steroid dienone is 1. The third-order valence-electron chi connectivity index (χ3n) is 7.84. The van der Waals surface area contributed by atoms with E-state index >= 15 is 0 Å². The molecule has 0 saturated carbocycles. The lowest BCUT2D eigenvalue weighted by molar-refractivity contribution is -0.387. The molecule has 0 aliphatic heterocycles. The number of carboxylic acid groups (broad SMARTS) is 1. The Morgan fingerprint density at radius 3 is 2.69 bits per heavy atom. The van der Waals surface area contributed by atoms with E-state index in [1.807, 2.05) is 30.3 Å². The van der Waals surface area contributed by atoms with Crippen LogP contribution in [0.15, 0.2) is 58.8 Å². The van der Waals surface area contributed by atoms with Crippen molar-refractivity contribution in [3.63, 3.8) is 0 Å². The Balaban J connectivity index is 1.67. The van der Waals surface area contributed by atoms with Gasteiger partial charge in [-0.1, -0.05) is 51.5 Å². The van der Waals surface area contributed by atoms with Crippen LogP contribution >= 0.6 is 11.8 Å². The summed E-state index contributed by atoms with van der Waals surface area (Å²) in [5, 5.41) is 31.3. The number of hydrogen-bond acceptors (Lipinski definition) is 7. The zero-order valence-electron chi connectivity index (χ0n) is 22.2. The van der Waals surface area contributed by atoms with E-state index in [1.54, 1.807) is 36.1 Å². The smallest absolute Gasteiger partial charge is 0.336 e. The van der Waals surface area contributed by atoms with Crippen LogP contribution in [0.1, 0.15) is 60.8 Å². The molecule has 39 heavy (non-hydrogen) atoms. The number of nitro benzene ring substituents is 1. The Bertz CT molecular complexity index is 1640. The second-order valence-corrected chi connectivity index (χ2v) is 11.6. The van der Waals surface area contributed by atoms with Gasteiger partial charge < -0.3 is 9.67 Å². The van der Waals surface area contributed by atoms with Crippen LogP contribution in [0.3, 0.4) is 0 Å².